The fraction of sp³-hybridized carbons (Fsp3) is 0.632. The van der Waals surface area contributed by atoms with E-state index in [-0.39, 0.29) is 28.9 Å². The minimum Gasteiger partial charge on any atom is -0.452 e. The number of nitrogens with zero attached hydrogens (tertiary/aromatic N) is 1. The molecular formula is C19H28N2O6S2. The number of amides is 2. The van der Waals surface area contributed by atoms with Crippen molar-refractivity contribution in [2.24, 2.45) is 5.92 Å². The highest BCUT2D eigenvalue weighted by Gasteiger charge is 2.35. The molecule has 0 aromatic carbocycles. The number of anilines is 1. The molecule has 2 amide bonds. The standard InChI is InChI=1S/C19H28N2O6S2/c1-11(2)8-21(15-6-7-29(25,26)10-15)16(23)9-27-19(24)17-12(3)13(4)28-18(17)20-14(5)22/h11,15H,6-10H2,1-5H3,(H,20,22)/t15-/m0/s1. The van der Waals surface area contributed by atoms with Gasteiger partial charge < -0.3 is 15.0 Å². The number of esters is 1. The summed E-state index contributed by atoms with van der Waals surface area (Å²) >= 11 is 1.27. The SMILES string of the molecule is CC(=O)Nc1sc(C)c(C)c1C(=O)OCC(=O)N(CC(C)C)[C@H]1CCS(=O)(=O)C1. The second-order valence-corrected chi connectivity index (χ2v) is 11.2. The third-order valence-electron chi connectivity index (χ3n) is 4.74. The number of rotatable bonds is 7. The van der Waals surface area contributed by atoms with Crippen molar-refractivity contribution in [2.45, 2.75) is 47.1 Å². The van der Waals surface area contributed by atoms with Crippen LogP contribution in [0.25, 0.3) is 0 Å². The second-order valence-electron chi connectivity index (χ2n) is 7.74. The summed E-state index contributed by atoms with van der Waals surface area (Å²) in [6.45, 7) is 8.73. The molecule has 0 saturated carbocycles. The lowest BCUT2D eigenvalue weighted by molar-refractivity contribution is -0.137. The van der Waals surface area contributed by atoms with Crippen LogP contribution in [0.5, 0.6) is 0 Å². The molecule has 1 saturated heterocycles. The summed E-state index contributed by atoms with van der Waals surface area (Å²) < 4.78 is 28.9. The number of nitrogens with one attached hydrogen (secondary N) is 1. The van der Waals surface area contributed by atoms with Gasteiger partial charge >= 0.3 is 5.97 Å². The third kappa shape index (κ3) is 6.02. The number of carbonyl (C=O) groups excluding carboxylic acids is 3. The molecule has 0 aliphatic carbocycles. The lowest BCUT2D eigenvalue weighted by Gasteiger charge is -2.29. The highest BCUT2D eigenvalue weighted by Crippen LogP contribution is 2.33. The molecule has 1 aromatic heterocycles. The molecule has 0 spiro atoms. The second kappa shape index (κ2) is 9.25. The van der Waals surface area contributed by atoms with Gasteiger partial charge in [0.2, 0.25) is 5.91 Å². The molecule has 1 fully saturated rings. The van der Waals surface area contributed by atoms with Gasteiger partial charge in [0.25, 0.3) is 5.91 Å². The first-order chi connectivity index (χ1) is 13.4. The van der Waals surface area contributed by atoms with Gasteiger partial charge in [-0.3, -0.25) is 9.59 Å². The Bertz CT molecular complexity index is 904. The zero-order chi connectivity index (χ0) is 21.9. The van der Waals surface area contributed by atoms with Gasteiger partial charge in [-0.2, -0.15) is 0 Å². The summed E-state index contributed by atoms with van der Waals surface area (Å²) in [6.07, 6.45) is 0.393. The Morgan fingerprint density at radius 2 is 1.93 bits per heavy atom. The van der Waals surface area contributed by atoms with Crippen LogP contribution in [0.1, 0.15) is 48.0 Å². The van der Waals surface area contributed by atoms with Crippen molar-refractivity contribution >= 4 is 44.0 Å². The summed E-state index contributed by atoms with van der Waals surface area (Å²) in [7, 11) is -3.14. The molecule has 1 aromatic rings. The van der Waals surface area contributed by atoms with E-state index in [4.69, 9.17) is 4.74 Å². The van der Waals surface area contributed by atoms with Crippen LogP contribution < -0.4 is 5.32 Å². The molecular weight excluding hydrogens is 416 g/mol. The van der Waals surface area contributed by atoms with Crippen molar-refractivity contribution in [3.63, 3.8) is 0 Å². The summed E-state index contributed by atoms with van der Waals surface area (Å²) in [6, 6.07) is -0.395. The van der Waals surface area contributed by atoms with Crippen molar-refractivity contribution in [3.8, 4) is 0 Å². The normalized spacial score (nSPS) is 17.9. The quantitative estimate of drug-likeness (QED) is 0.646. The van der Waals surface area contributed by atoms with Gasteiger partial charge in [-0.15, -0.1) is 11.3 Å². The Hall–Kier alpha value is -1.94. The van der Waals surface area contributed by atoms with Crippen LogP contribution in [0.15, 0.2) is 0 Å². The molecule has 2 rings (SSSR count). The minimum absolute atomic E-state index is 0.0606. The molecule has 1 atom stereocenters. The van der Waals surface area contributed by atoms with Crippen LogP contribution in [0.3, 0.4) is 0 Å². The van der Waals surface area contributed by atoms with Gasteiger partial charge in [0.05, 0.1) is 17.1 Å². The van der Waals surface area contributed by atoms with Crippen LogP contribution >= 0.6 is 11.3 Å². The first kappa shape index (κ1) is 23.3. The van der Waals surface area contributed by atoms with E-state index < -0.39 is 34.4 Å². The molecule has 0 radical (unpaired) electrons. The molecule has 8 nitrogen and oxygen atoms in total. The van der Waals surface area contributed by atoms with Crippen molar-refractivity contribution in [3.05, 3.63) is 16.0 Å². The maximum atomic E-state index is 12.8. The van der Waals surface area contributed by atoms with Crippen LogP contribution in [0.4, 0.5) is 5.00 Å². The number of ether oxygens (including phenoxy) is 1. The van der Waals surface area contributed by atoms with Gasteiger partial charge in [0.15, 0.2) is 16.4 Å². The van der Waals surface area contributed by atoms with Gasteiger partial charge in [-0.25, -0.2) is 13.2 Å². The van der Waals surface area contributed by atoms with Crippen LogP contribution in [0.2, 0.25) is 0 Å². The van der Waals surface area contributed by atoms with Crippen molar-refractivity contribution in [1.29, 1.82) is 0 Å². The largest absolute Gasteiger partial charge is 0.452 e. The highest BCUT2D eigenvalue weighted by atomic mass is 32.2. The fourth-order valence-corrected chi connectivity index (χ4v) is 6.10. The van der Waals surface area contributed by atoms with Crippen molar-refractivity contribution < 1.29 is 27.5 Å². The zero-order valence-electron chi connectivity index (χ0n) is 17.4. The minimum atomic E-state index is -3.14. The van der Waals surface area contributed by atoms with Crippen molar-refractivity contribution in [1.82, 2.24) is 4.90 Å². The van der Waals surface area contributed by atoms with E-state index in [0.29, 0.717) is 23.5 Å². The molecule has 1 aliphatic rings. The van der Waals surface area contributed by atoms with Crippen molar-refractivity contribution in [2.75, 3.05) is 30.0 Å². The monoisotopic (exact) mass is 444 g/mol. The first-order valence-electron chi connectivity index (χ1n) is 9.46. The smallest absolute Gasteiger partial charge is 0.341 e. The van der Waals surface area contributed by atoms with E-state index in [1.54, 1.807) is 6.92 Å². The molecule has 0 bridgehead atoms. The number of carbonyl (C=O) groups is 3. The average Bonchev–Trinajstić information content (AvgIpc) is 3.08. The number of hydrogen-bond acceptors (Lipinski definition) is 7. The first-order valence-corrected chi connectivity index (χ1v) is 12.1. The molecule has 29 heavy (non-hydrogen) atoms. The summed E-state index contributed by atoms with van der Waals surface area (Å²) in [5.74, 6) is -1.26. The van der Waals surface area contributed by atoms with Crippen LogP contribution in [-0.4, -0.2) is 61.8 Å². The van der Waals surface area contributed by atoms with Gasteiger partial charge in [-0.05, 0) is 31.7 Å². The number of hydrogen-bond donors (Lipinski definition) is 1. The summed E-state index contributed by atoms with van der Waals surface area (Å²) in [5.41, 5.74) is 0.937. The van der Waals surface area contributed by atoms with E-state index in [0.717, 1.165) is 4.88 Å². The highest BCUT2D eigenvalue weighted by molar-refractivity contribution is 7.91. The van der Waals surface area contributed by atoms with Crippen LogP contribution in [-0.2, 0) is 24.2 Å². The van der Waals surface area contributed by atoms with E-state index in [9.17, 15) is 22.8 Å². The Morgan fingerprint density at radius 1 is 1.28 bits per heavy atom. The number of aryl methyl sites for hydroxylation is 1. The average molecular weight is 445 g/mol. The lowest BCUT2D eigenvalue weighted by Crippen LogP contribution is -2.45. The molecule has 0 unspecified atom stereocenters. The van der Waals surface area contributed by atoms with E-state index in [1.165, 1.54) is 23.2 Å². The maximum absolute atomic E-state index is 12.8. The van der Waals surface area contributed by atoms with E-state index >= 15 is 0 Å². The Kier molecular flexibility index (Phi) is 7.45. The molecule has 10 heteroatoms. The Labute approximate surface area is 175 Å². The maximum Gasteiger partial charge on any atom is 0.341 e. The van der Waals surface area contributed by atoms with Gasteiger partial charge in [0, 0.05) is 24.4 Å². The van der Waals surface area contributed by atoms with Gasteiger partial charge in [0.1, 0.15) is 5.00 Å². The number of thiophene rings is 1. The lowest BCUT2D eigenvalue weighted by atomic mass is 10.1. The summed E-state index contributed by atoms with van der Waals surface area (Å²) in [5, 5.41) is 3.02. The van der Waals surface area contributed by atoms with E-state index in [1.807, 2.05) is 20.8 Å². The third-order valence-corrected chi connectivity index (χ3v) is 7.61. The molecule has 1 N–H and O–H groups in total. The zero-order valence-corrected chi connectivity index (χ0v) is 19.0. The Balaban J connectivity index is 2.11. The number of sulfone groups is 1. The fourth-order valence-electron chi connectivity index (χ4n) is 3.27. The molecule has 1 aliphatic heterocycles. The van der Waals surface area contributed by atoms with Gasteiger partial charge in [-0.1, -0.05) is 13.8 Å². The molecule has 162 valence electrons. The predicted molar refractivity (Wildman–Crippen MR) is 112 cm³/mol. The Morgan fingerprint density at radius 3 is 2.45 bits per heavy atom. The topological polar surface area (TPSA) is 110 Å². The van der Waals surface area contributed by atoms with E-state index in [2.05, 4.69) is 5.32 Å². The predicted octanol–water partition coefficient (Wildman–Crippen LogP) is 2.15. The molecule has 2 heterocycles. The summed E-state index contributed by atoms with van der Waals surface area (Å²) in [4.78, 5) is 39.2. The van der Waals surface area contributed by atoms with Crippen LogP contribution in [0, 0.1) is 19.8 Å².